The third-order valence-corrected chi connectivity index (χ3v) is 3.47. The molecule has 2 aromatic heterocycles. The molecule has 0 amide bonds. The number of aromatic nitrogens is 4. The lowest BCUT2D eigenvalue weighted by atomic mass is 10.1. The van der Waals surface area contributed by atoms with Crippen LogP contribution in [0.2, 0.25) is 0 Å². The number of aryl methyl sites for hydroxylation is 1. The van der Waals surface area contributed by atoms with Crippen LogP contribution in [0.15, 0.2) is 9.59 Å². The Labute approximate surface area is 102 Å². The number of rotatable bonds is 1. The van der Waals surface area contributed by atoms with Gasteiger partial charge in [0.05, 0.1) is 0 Å². The zero-order valence-corrected chi connectivity index (χ0v) is 10.2. The number of anilines is 1. The third-order valence-electron chi connectivity index (χ3n) is 3.47. The van der Waals surface area contributed by atoms with E-state index in [1.54, 1.807) is 7.05 Å². The zero-order chi connectivity index (χ0) is 12.7. The topological polar surface area (TPSA) is 86.8 Å². The number of hydrogen-bond acceptors (Lipinski definition) is 4. The van der Waals surface area contributed by atoms with E-state index in [2.05, 4.69) is 20.1 Å². The Bertz CT molecular complexity index is 690. The van der Waals surface area contributed by atoms with Crippen LogP contribution >= 0.6 is 0 Å². The molecule has 0 radical (unpaired) electrons. The average molecular weight is 249 g/mol. The van der Waals surface area contributed by atoms with Crippen LogP contribution in [-0.2, 0) is 7.05 Å². The molecule has 0 spiro atoms. The molecule has 2 aromatic rings. The average Bonchev–Trinajstić information content (AvgIpc) is 2.82. The van der Waals surface area contributed by atoms with Gasteiger partial charge < -0.3 is 4.90 Å². The van der Waals surface area contributed by atoms with Gasteiger partial charge in [0.1, 0.15) is 11.0 Å². The molecule has 3 heterocycles. The summed E-state index contributed by atoms with van der Waals surface area (Å²) in [4.78, 5) is 27.7. The molecule has 1 aliphatic rings. The first-order chi connectivity index (χ1) is 8.68. The van der Waals surface area contributed by atoms with E-state index in [9.17, 15) is 9.59 Å². The van der Waals surface area contributed by atoms with Crippen LogP contribution in [0.25, 0.3) is 11.0 Å². The normalized spacial score (nSPS) is 16.4. The molecule has 0 saturated carbocycles. The van der Waals surface area contributed by atoms with Gasteiger partial charge in [0.25, 0.3) is 5.56 Å². The Morgan fingerprint density at radius 2 is 1.89 bits per heavy atom. The van der Waals surface area contributed by atoms with Crippen LogP contribution in [0, 0.1) is 0 Å². The molecule has 96 valence electrons. The van der Waals surface area contributed by atoms with Crippen molar-refractivity contribution in [3.63, 3.8) is 0 Å². The van der Waals surface area contributed by atoms with Gasteiger partial charge in [-0.05, 0) is 19.3 Å². The van der Waals surface area contributed by atoms with Crippen molar-refractivity contribution < 1.29 is 0 Å². The molecule has 1 fully saturated rings. The quantitative estimate of drug-likeness (QED) is 0.741. The van der Waals surface area contributed by atoms with E-state index in [1.165, 1.54) is 11.0 Å². The van der Waals surface area contributed by atoms with Crippen molar-refractivity contribution in [2.24, 2.45) is 7.05 Å². The van der Waals surface area contributed by atoms with Gasteiger partial charge in [-0.25, -0.2) is 4.79 Å². The van der Waals surface area contributed by atoms with E-state index in [1.807, 2.05) is 0 Å². The van der Waals surface area contributed by atoms with Crippen LogP contribution in [0.5, 0.6) is 0 Å². The number of hydrogen-bond donors (Lipinski definition) is 2. The first-order valence-electron chi connectivity index (χ1n) is 6.11. The van der Waals surface area contributed by atoms with Crippen molar-refractivity contribution in [2.45, 2.75) is 19.3 Å². The Morgan fingerprint density at radius 3 is 2.61 bits per heavy atom. The second-order valence-electron chi connectivity index (χ2n) is 4.64. The summed E-state index contributed by atoms with van der Waals surface area (Å²) in [6, 6.07) is 0. The molecule has 7 heteroatoms. The van der Waals surface area contributed by atoms with Crippen LogP contribution in [0.4, 0.5) is 5.82 Å². The lowest BCUT2D eigenvalue weighted by Gasteiger charge is -2.26. The Kier molecular flexibility index (Phi) is 2.46. The minimum Gasteiger partial charge on any atom is -0.353 e. The SMILES string of the molecule is Cn1c(=O)[nH]c(=O)c2[nH]nc(N3CCCCC3)c21. The minimum absolute atomic E-state index is 0.359. The van der Waals surface area contributed by atoms with E-state index in [0.717, 1.165) is 25.9 Å². The fraction of sp³-hybridized carbons (Fsp3) is 0.545. The summed E-state index contributed by atoms with van der Waals surface area (Å²) in [7, 11) is 1.64. The Morgan fingerprint density at radius 1 is 1.17 bits per heavy atom. The van der Waals surface area contributed by atoms with E-state index >= 15 is 0 Å². The number of piperidine rings is 1. The number of fused-ring (bicyclic) bond motifs is 1. The maximum absolute atomic E-state index is 11.7. The Hall–Kier alpha value is -2.05. The maximum Gasteiger partial charge on any atom is 0.328 e. The number of aromatic amines is 2. The predicted molar refractivity (Wildman–Crippen MR) is 68.0 cm³/mol. The molecular weight excluding hydrogens is 234 g/mol. The lowest BCUT2D eigenvalue weighted by Crippen LogP contribution is -2.32. The van der Waals surface area contributed by atoms with E-state index in [4.69, 9.17) is 0 Å². The summed E-state index contributed by atoms with van der Waals surface area (Å²) in [6.07, 6.45) is 3.45. The minimum atomic E-state index is -0.413. The maximum atomic E-state index is 11.7. The van der Waals surface area contributed by atoms with Gasteiger partial charge in [0.2, 0.25) is 0 Å². The monoisotopic (exact) mass is 249 g/mol. The number of nitrogens with one attached hydrogen (secondary N) is 2. The van der Waals surface area contributed by atoms with Gasteiger partial charge >= 0.3 is 5.69 Å². The van der Waals surface area contributed by atoms with Crippen LogP contribution < -0.4 is 16.1 Å². The third kappa shape index (κ3) is 1.54. The van der Waals surface area contributed by atoms with Gasteiger partial charge in [0, 0.05) is 20.1 Å². The summed E-state index contributed by atoms with van der Waals surface area (Å²) in [5, 5.41) is 6.93. The summed E-state index contributed by atoms with van der Waals surface area (Å²) >= 11 is 0. The second-order valence-corrected chi connectivity index (χ2v) is 4.64. The molecule has 7 nitrogen and oxygen atoms in total. The highest BCUT2D eigenvalue weighted by molar-refractivity contribution is 5.85. The van der Waals surface area contributed by atoms with Crippen molar-refractivity contribution >= 4 is 16.9 Å². The highest BCUT2D eigenvalue weighted by Gasteiger charge is 2.20. The molecular formula is C11H15N5O2. The van der Waals surface area contributed by atoms with E-state index in [-0.39, 0.29) is 0 Å². The fourth-order valence-corrected chi connectivity index (χ4v) is 2.47. The molecule has 0 bridgehead atoms. The first kappa shape index (κ1) is 11.1. The summed E-state index contributed by atoms with van der Waals surface area (Å²) in [6.45, 7) is 1.84. The molecule has 0 aromatic carbocycles. The summed E-state index contributed by atoms with van der Waals surface area (Å²) in [5.74, 6) is 0.704. The first-order valence-corrected chi connectivity index (χ1v) is 6.11. The van der Waals surface area contributed by atoms with E-state index < -0.39 is 11.2 Å². The molecule has 2 N–H and O–H groups in total. The zero-order valence-electron chi connectivity index (χ0n) is 10.2. The predicted octanol–water partition coefficient (Wildman–Crippen LogP) is -0.0598. The van der Waals surface area contributed by atoms with Crippen molar-refractivity contribution in [1.29, 1.82) is 0 Å². The molecule has 0 unspecified atom stereocenters. The Balaban J connectivity index is 2.24. The molecule has 1 aliphatic heterocycles. The highest BCUT2D eigenvalue weighted by atomic mass is 16.2. The fourth-order valence-electron chi connectivity index (χ4n) is 2.47. The van der Waals surface area contributed by atoms with E-state index in [0.29, 0.717) is 16.9 Å². The van der Waals surface area contributed by atoms with Gasteiger partial charge in [0.15, 0.2) is 5.82 Å². The summed E-state index contributed by atoms with van der Waals surface area (Å²) < 4.78 is 1.43. The summed E-state index contributed by atoms with van der Waals surface area (Å²) in [5.41, 5.74) is 0.124. The van der Waals surface area contributed by atoms with Gasteiger partial charge in [-0.15, -0.1) is 0 Å². The largest absolute Gasteiger partial charge is 0.353 e. The standard InChI is InChI=1S/C11H15N5O2/c1-15-8-7(10(17)12-11(15)18)13-14-9(8)16-5-3-2-4-6-16/h2-6H2,1H3,(H,13,14)(H,12,17,18). The van der Waals surface area contributed by atoms with Crippen LogP contribution in [0.1, 0.15) is 19.3 Å². The molecule has 0 aliphatic carbocycles. The number of H-pyrrole nitrogens is 2. The lowest BCUT2D eigenvalue weighted by molar-refractivity contribution is 0.573. The molecule has 1 saturated heterocycles. The van der Waals surface area contributed by atoms with Crippen LogP contribution in [0.3, 0.4) is 0 Å². The van der Waals surface area contributed by atoms with Crippen molar-refractivity contribution in [1.82, 2.24) is 19.7 Å². The molecule has 0 atom stereocenters. The highest BCUT2D eigenvalue weighted by Crippen LogP contribution is 2.23. The molecule has 18 heavy (non-hydrogen) atoms. The van der Waals surface area contributed by atoms with Gasteiger partial charge in [-0.1, -0.05) is 0 Å². The van der Waals surface area contributed by atoms with Crippen molar-refractivity contribution in [2.75, 3.05) is 18.0 Å². The number of nitrogens with zero attached hydrogens (tertiary/aromatic N) is 3. The smallest absolute Gasteiger partial charge is 0.328 e. The molecule has 3 rings (SSSR count). The van der Waals surface area contributed by atoms with Gasteiger partial charge in [-0.3, -0.25) is 19.4 Å². The second kappa shape index (κ2) is 4.01. The van der Waals surface area contributed by atoms with Gasteiger partial charge in [-0.2, -0.15) is 5.10 Å². The van der Waals surface area contributed by atoms with Crippen molar-refractivity contribution in [3.05, 3.63) is 20.8 Å². The van der Waals surface area contributed by atoms with Crippen LogP contribution in [-0.4, -0.2) is 32.8 Å². The van der Waals surface area contributed by atoms with Crippen molar-refractivity contribution in [3.8, 4) is 0 Å².